The lowest BCUT2D eigenvalue weighted by Gasteiger charge is -2.32. The van der Waals surface area contributed by atoms with E-state index in [1.165, 1.54) is 23.3 Å². The van der Waals surface area contributed by atoms with Crippen molar-refractivity contribution in [3.63, 3.8) is 0 Å². The quantitative estimate of drug-likeness (QED) is 0.228. The number of aromatic nitrogens is 1. The van der Waals surface area contributed by atoms with Crippen molar-refractivity contribution in [3.05, 3.63) is 126 Å². The van der Waals surface area contributed by atoms with Gasteiger partial charge in [0, 0.05) is 24.0 Å². The first-order chi connectivity index (χ1) is 20.0. The third-order valence-electron chi connectivity index (χ3n) is 7.91. The van der Waals surface area contributed by atoms with Crippen LogP contribution in [0.15, 0.2) is 103 Å². The van der Waals surface area contributed by atoms with Crippen molar-refractivity contribution < 1.29 is 13.9 Å². The van der Waals surface area contributed by atoms with Crippen LogP contribution in [0.1, 0.15) is 40.2 Å². The van der Waals surface area contributed by atoms with Crippen molar-refractivity contribution in [2.24, 2.45) is 0 Å². The SMILES string of the molecule is COc1ccc(C2CCN(Cc3ccc4cc(NC(=O)c5ccc(-c6ccc(F)cc6)nc5)ccc4c3)CC2)cc1. The number of nitrogens with one attached hydrogen (secondary N) is 1. The average molecular weight is 546 g/mol. The number of carbonyl (C=O) groups is 1. The summed E-state index contributed by atoms with van der Waals surface area (Å²) in [5.41, 5.74) is 5.37. The summed E-state index contributed by atoms with van der Waals surface area (Å²) in [6, 6.07) is 30.7. The van der Waals surface area contributed by atoms with E-state index in [0.717, 1.165) is 60.2 Å². The van der Waals surface area contributed by atoms with E-state index in [-0.39, 0.29) is 11.7 Å². The molecule has 6 heteroatoms. The lowest BCUT2D eigenvalue weighted by molar-refractivity contribution is 0.102. The van der Waals surface area contributed by atoms with Crippen LogP contribution in [0.4, 0.5) is 10.1 Å². The number of halogens is 1. The smallest absolute Gasteiger partial charge is 0.257 e. The summed E-state index contributed by atoms with van der Waals surface area (Å²) in [6.07, 6.45) is 3.86. The molecule has 5 aromatic rings. The third kappa shape index (κ3) is 6.28. The van der Waals surface area contributed by atoms with Crippen molar-refractivity contribution in [1.29, 1.82) is 0 Å². The Labute approximate surface area is 239 Å². The number of methoxy groups -OCH3 is 1. The monoisotopic (exact) mass is 545 g/mol. The van der Waals surface area contributed by atoms with Gasteiger partial charge in [-0.15, -0.1) is 0 Å². The molecule has 0 spiro atoms. The zero-order valence-electron chi connectivity index (χ0n) is 23.0. The van der Waals surface area contributed by atoms with E-state index in [0.29, 0.717) is 17.2 Å². The first-order valence-corrected chi connectivity index (χ1v) is 14.0. The number of nitrogens with zero attached hydrogens (tertiary/aromatic N) is 2. The molecule has 0 saturated carbocycles. The Bertz CT molecular complexity index is 1640. The van der Waals surface area contributed by atoms with E-state index in [4.69, 9.17) is 4.74 Å². The van der Waals surface area contributed by atoms with Crippen molar-refractivity contribution in [3.8, 4) is 17.0 Å². The molecule has 0 unspecified atom stereocenters. The molecule has 1 aliphatic rings. The largest absolute Gasteiger partial charge is 0.497 e. The summed E-state index contributed by atoms with van der Waals surface area (Å²) in [5, 5.41) is 5.21. The van der Waals surface area contributed by atoms with Crippen LogP contribution >= 0.6 is 0 Å². The van der Waals surface area contributed by atoms with Crippen LogP contribution in [0.2, 0.25) is 0 Å². The van der Waals surface area contributed by atoms with E-state index < -0.39 is 0 Å². The molecule has 0 atom stereocenters. The summed E-state index contributed by atoms with van der Waals surface area (Å²) in [5.74, 6) is 0.990. The first kappa shape index (κ1) is 26.7. The number of benzene rings is 4. The zero-order chi connectivity index (χ0) is 28.2. The maximum absolute atomic E-state index is 13.2. The summed E-state index contributed by atoms with van der Waals surface area (Å²) >= 11 is 0. The van der Waals surface area contributed by atoms with Crippen LogP contribution in [0.5, 0.6) is 5.75 Å². The number of amides is 1. The number of carbonyl (C=O) groups excluding carboxylic acids is 1. The highest BCUT2D eigenvalue weighted by atomic mass is 19.1. The second-order valence-corrected chi connectivity index (χ2v) is 10.6. The molecular formula is C35H32FN3O2. The number of hydrogen-bond donors (Lipinski definition) is 1. The third-order valence-corrected chi connectivity index (χ3v) is 7.91. The fourth-order valence-corrected chi connectivity index (χ4v) is 5.55. The standard InChI is InChI=1S/C35H32FN3O2/c1-41-33-13-7-25(8-14-33)26-16-18-39(19-17-26)23-24-2-3-29-21-32(12-6-28(29)20-24)38-35(40)30-9-15-34(37-22-30)27-4-10-31(36)11-5-27/h2-15,20-22,26H,16-19,23H2,1H3,(H,38,40). The summed E-state index contributed by atoms with van der Waals surface area (Å²) < 4.78 is 18.5. The minimum Gasteiger partial charge on any atom is -0.497 e. The minimum absolute atomic E-state index is 0.225. The van der Waals surface area contributed by atoms with E-state index in [1.807, 2.05) is 12.1 Å². The molecule has 1 aliphatic heterocycles. The Morgan fingerprint density at radius 3 is 2.34 bits per heavy atom. The van der Waals surface area contributed by atoms with Gasteiger partial charge in [0.05, 0.1) is 18.4 Å². The molecule has 0 aliphatic carbocycles. The van der Waals surface area contributed by atoms with Crippen LogP contribution in [-0.4, -0.2) is 36.0 Å². The molecule has 5 nitrogen and oxygen atoms in total. The molecule has 4 aromatic carbocycles. The van der Waals surface area contributed by atoms with Crippen molar-refractivity contribution >= 4 is 22.4 Å². The van der Waals surface area contributed by atoms with Crippen LogP contribution in [-0.2, 0) is 6.54 Å². The van der Waals surface area contributed by atoms with Crippen LogP contribution < -0.4 is 10.1 Å². The van der Waals surface area contributed by atoms with Gasteiger partial charge in [0.2, 0.25) is 0 Å². The predicted molar refractivity (Wildman–Crippen MR) is 162 cm³/mol. The molecule has 2 heterocycles. The predicted octanol–water partition coefficient (Wildman–Crippen LogP) is 7.68. The van der Waals surface area contributed by atoms with E-state index in [9.17, 15) is 9.18 Å². The maximum Gasteiger partial charge on any atom is 0.257 e. The average Bonchev–Trinajstić information content (AvgIpc) is 3.02. The topological polar surface area (TPSA) is 54.5 Å². The molecule has 206 valence electrons. The van der Waals surface area contributed by atoms with E-state index in [1.54, 1.807) is 37.6 Å². The van der Waals surface area contributed by atoms with Crippen LogP contribution in [0, 0.1) is 5.82 Å². The van der Waals surface area contributed by atoms with Gasteiger partial charge in [-0.05, 0) is 120 Å². The van der Waals surface area contributed by atoms with E-state index in [2.05, 4.69) is 63.7 Å². The first-order valence-electron chi connectivity index (χ1n) is 14.0. The lowest BCUT2D eigenvalue weighted by Crippen LogP contribution is -2.32. The fraction of sp³-hybridized carbons (Fsp3) is 0.200. The summed E-state index contributed by atoms with van der Waals surface area (Å²) in [4.78, 5) is 19.8. The summed E-state index contributed by atoms with van der Waals surface area (Å²) in [6.45, 7) is 3.10. The van der Waals surface area contributed by atoms with Gasteiger partial charge in [-0.25, -0.2) is 4.39 Å². The molecule has 6 rings (SSSR count). The number of likely N-dealkylation sites (tertiary alicyclic amines) is 1. The Morgan fingerprint density at radius 1 is 0.902 bits per heavy atom. The molecule has 0 radical (unpaired) electrons. The van der Waals surface area contributed by atoms with Crippen molar-refractivity contribution in [1.82, 2.24) is 9.88 Å². The number of piperidine rings is 1. The molecule has 0 bridgehead atoms. The zero-order valence-corrected chi connectivity index (χ0v) is 23.0. The number of hydrogen-bond acceptors (Lipinski definition) is 4. The molecule has 1 saturated heterocycles. The second-order valence-electron chi connectivity index (χ2n) is 10.6. The van der Waals surface area contributed by atoms with Gasteiger partial charge in [-0.1, -0.05) is 30.3 Å². The van der Waals surface area contributed by atoms with Gasteiger partial charge in [-0.3, -0.25) is 14.7 Å². The van der Waals surface area contributed by atoms with Gasteiger partial charge in [0.1, 0.15) is 11.6 Å². The molecule has 1 fully saturated rings. The highest BCUT2D eigenvalue weighted by molar-refractivity contribution is 6.05. The number of pyridine rings is 1. The highest BCUT2D eigenvalue weighted by Gasteiger charge is 2.21. The molecule has 1 aromatic heterocycles. The van der Waals surface area contributed by atoms with Crippen LogP contribution in [0.25, 0.3) is 22.0 Å². The Balaban J connectivity index is 1.05. The lowest BCUT2D eigenvalue weighted by atomic mass is 9.89. The van der Waals surface area contributed by atoms with E-state index >= 15 is 0 Å². The number of fused-ring (bicyclic) bond motifs is 1. The number of ether oxygens (including phenoxy) is 1. The normalized spacial score (nSPS) is 14.2. The van der Waals surface area contributed by atoms with Gasteiger partial charge >= 0.3 is 0 Å². The molecule has 1 amide bonds. The highest BCUT2D eigenvalue weighted by Crippen LogP contribution is 2.30. The summed E-state index contributed by atoms with van der Waals surface area (Å²) in [7, 11) is 1.70. The van der Waals surface area contributed by atoms with Crippen LogP contribution in [0.3, 0.4) is 0 Å². The minimum atomic E-state index is -0.294. The Hall–Kier alpha value is -4.55. The molecular weight excluding hydrogens is 513 g/mol. The van der Waals surface area contributed by atoms with Crippen molar-refractivity contribution in [2.75, 3.05) is 25.5 Å². The molecule has 41 heavy (non-hydrogen) atoms. The van der Waals surface area contributed by atoms with Gasteiger partial charge in [0.15, 0.2) is 0 Å². The number of rotatable bonds is 7. The maximum atomic E-state index is 13.2. The molecule has 1 N–H and O–H groups in total. The van der Waals surface area contributed by atoms with Gasteiger partial charge < -0.3 is 10.1 Å². The second kappa shape index (κ2) is 11.9. The Morgan fingerprint density at radius 2 is 1.63 bits per heavy atom. The van der Waals surface area contributed by atoms with Gasteiger partial charge in [0.25, 0.3) is 5.91 Å². The number of anilines is 1. The van der Waals surface area contributed by atoms with Crippen molar-refractivity contribution in [2.45, 2.75) is 25.3 Å². The Kier molecular flexibility index (Phi) is 7.74. The fourth-order valence-electron chi connectivity index (χ4n) is 5.55. The van der Waals surface area contributed by atoms with Gasteiger partial charge in [-0.2, -0.15) is 0 Å².